The van der Waals surface area contributed by atoms with Crippen LogP contribution in [0.15, 0.2) is 24.4 Å². The van der Waals surface area contributed by atoms with Crippen LogP contribution >= 0.6 is 34.5 Å². The number of halogens is 2. The lowest BCUT2D eigenvalue weighted by molar-refractivity contribution is -0.119. The van der Waals surface area contributed by atoms with E-state index >= 15 is 0 Å². The molecule has 1 unspecified atom stereocenters. The van der Waals surface area contributed by atoms with Crippen molar-refractivity contribution < 1.29 is 4.79 Å². The number of hydrogen-bond donors (Lipinski definition) is 2. The van der Waals surface area contributed by atoms with Crippen molar-refractivity contribution in [3.63, 3.8) is 0 Å². The molecule has 0 aliphatic carbocycles. The zero-order valence-electron chi connectivity index (χ0n) is 11.4. The molecule has 0 radical (unpaired) electrons. The van der Waals surface area contributed by atoms with Gasteiger partial charge in [-0.3, -0.25) is 4.79 Å². The molecule has 1 amide bonds. The molecule has 2 rings (SSSR count). The highest BCUT2D eigenvalue weighted by atomic mass is 35.5. The summed E-state index contributed by atoms with van der Waals surface area (Å²) in [6, 6.07) is 5.53. The van der Waals surface area contributed by atoms with E-state index in [0.717, 1.165) is 10.4 Å². The van der Waals surface area contributed by atoms with Crippen molar-refractivity contribution >= 4 is 45.6 Å². The maximum absolute atomic E-state index is 11.7. The van der Waals surface area contributed by atoms with Crippen molar-refractivity contribution in [1.82, 2.24) is 4.98 Å². The van der Waals surface area contributed by atoms with E-state index < -0.39 is 0 Å². The van der Waals surface area contributed by atoms with Gasteiger partial charge in [0.1, 0.15) is 0 Å². The third-order valence-corrected chi connectivity index (χ3v) is 4.75. The summed E-state index contributed by atoms with van der Waals surface area (Å²) in [4.78, 5) is 16.9. The molecule has 112 valence electrons. The minimum Gasteiger partial charge on any atom is -0.330 e. The molecule has 1 aromatic carbocycles. The summed E-state index contributed by atoms with van der Waals surface area (Å²) in [6.45, 7) is 2.08. The van der Waals surface area contributed by atoms with E-state index in [1.807, 2.05) is 12.1 Å². The Balaban J connectivity index is 2.07. The number of carbonyl (C=O) groups is 1. The van der Waals surface area contributed by atoms with Crippen LogP contribution in [0.3, 0.4) is 0 Å². The summed E-state index contributed by atoms with van der Waals surface area (Å²) in [5.41, 5.74) is 6.39. The molecule has 1 aromatic heterocycles. The number of thiazole rings is 1. The van der Waals surface area contributed by atoms with Crippen molar-refractivity contribution in [3.8, 4) is 0 Å². The number of rotatable bonds is 5. The van der Waals surface area contributed by atoms with Crippen LogP contribution in [-0.2, 0) is 11.2 Å². The number of carbonyl (C=O) groups excluding carboxylic acids is 1. The summed E-state index contributed by atoms with van der Waals surface area (Å²) in [6.07, 6.45) is 2.35. The van der Waals surface area contributed by atoms with Crippen molar-refractivity contribution in [2.24, 2.45) is 11.7 Å². The molecule has 0 fully saturated rings. The Hall–Kier alpha value is -1.14. The molecule has 0 bridgehead atoms. The largest absolute Gasteiger partial charge is 0.330 e. The number of aromatic nitrogens is 1. The monoisotopic (exact) mass is 343 g/mol. The molecule has 21 heavy (non-hydrogen) atoms. The Bertz CT molecular complexity index is 645. The van der Waals surface area contributed by atoms with E-state index in [-0.39, 0.29) is 11.8 Å². The van der Waals surface area contributed by atoms with Crippen LogP contribution in [0, 0.1) is 5.92 Å². The molecular weight excluding hydrogens is 329 g/mol. The predicted molar refractivity (Wildman–Crippen MR) is 88.2 cm³/mol. The van der Waals surface area contributed by atoms with E-state index in [4.69, 9.17) is 28.9 Å². The molecule has 0 aliphatic rings. The third-order valence-electron chi connectivity index (χ3n) is 2.98. The van der Waals surface area contributed by atoms with Gasteiger partial charge in [0.15, 0.2) is 5.13 Å². The minimum atomic E-state index is -0.236. The number of amides is 1. The van der Waals surface area contributed by atoms with Crippen LogP contribution in [0.2, 0.25) is 10.0 Å². The summed E-state index contributed by atoms with van der Waals surface area (Å²) in [7, 11) is 0. The molecule has 1 atom stereocenters. The molecule has 4 nitrogen and oxygen atoms in total. The van der Waals surface area contributed by atoms with Gasteiger partial charge in [0.05, 0.1) is 10.0 Å². The highest BCUT2D eigenvalue weighted by Gasteiger charge is 2.13. The second-order valence-electron chi connectivity index (χ2n) is 4.65. The lowest BCUT2D eigenvalue weighted by Gasteiger charge is -2.06. The Morgan fingerprint density at radius 1 is 1.48 bits per heavy atom. The summed E-state index contributed by atoms with van der Waals surface area (Å²) < 4.78 is 0. The summed E-state index contributed by atoms with van der Waals surface area (Å²) >= 11 is 13.6. The Morgan fingerprint density at radius 2 is 2.24 bits per heavy atom. The standard InChI is InChI=1S/C14H15Cl2N3OS/c1-8(6-17)13(20)19-14-18-7-10(21-14)5-9-3-2-4-11(15)12(9)16/h2-4,7-8H,5-6,17H2,1H3,(H,18,19,20). The molecule has 0 spiro atoms. The van der Waals surface area contributed by atoms with Crippen LogP contribution in [0.1, 0.15) is 17.4 Å². The number of nitrogens with zero attached hydrogens (tertiary/aromatic N) is 1. The normalized spacial score (nSPS) is 12.2. The van der Waals surface area contributed by atoms with E-state index in [2.05, 4.69) is 10.3 Å². The van der Waals surface area contributed by atoms with E-state index in [1.54, 1.807) is 19.2 Å². The molecule has 0 saturated heterocycles. The third kappa shape index (κ3) is 4.17. The zero-order chi connectivity index (χ0) is 15.4. The van der Waals surface area contributed by atoms with Gasteiger partial charge in [-0.25, -0.2) is 4.98 Å². The van der Waals surface area contributed by atoms with Crippen molar-refractivity contribution in [1.29, 1.82) is 0 Å². The molecule has 1 heterocycles. The van der Waals surface area contributed by atoms with Crippen LogP contribution in [0.5, 0.6) is 0 Å². The Labute approximate surface area is 137 Å². The molecular formula is C14H15Cl2N3OS. The van der Waals surface area contributed by atoms with Gasteiger partial charge in [-0.05, 0) is 11.6 Å². The first-order valence-electron chi connectivity index (χ1n) is 6.39. The van der Waals surface area contributed by atoms with Gasteiger partial charge in [0, 0.05) is 30.0 Å². The summed E-state index contributed by atoms with van der Waals surface area (Å²) in [5, 5.41) is 4.40. The second kappa shape index (κ2) is 7.22. The van der Waals surface area contributed by atoms with Gasteiger partial charge in [-0.1, -0.05) is 42.3 Å². The molecule has 7 heteroatoms. The topological polar surface area (TPSA) is 68.0 Å². The number of nitrogens with one attached hydrogen (secondary N) is 1. The molecule has 0 saturated carbocycles. The predicted octanol–water partition coefficient (Wildman–Crippen LogP) is 3.57. The highest BCUT2D eigenvalue weighted by Crippen LogP contribution is 2.29. The Morgan fingerprint density at radius 3 is 2.95 bits per heavy atom. The summed E-state index contributed by atoms with van der Waals surface area (Å²) in [5.74, 6) is -0.362. The van der Waals surface area contributed by atoms with E-state index in [1.165, 1.54) is 11.3 Å². The zero-order valence-corrected chi connectivity index (χ0v) is 13.7. The van der Waals surface area contributed by atoms with Crippen molar-refractivity contribution in [2.45, 2.75) is 13.3 Å². The maximum atomic E-state index is 11.7. The fourth-order valence-corrected chi connectivity index (χ4v) is 2.88. The first kappa shape index (κ1) is 16.2. The van der Waals surface area contributed by atoms with Crippen molar-refractivity contribution in [2.75, 3.05) is 11.9 Å². The number of anilines is 1. The fourth-order valence-electron chi connectivity index (χ4n) is 1.66. The van der Waals surface area contributed by atoms with Crippen LogP contribution in [0.4, 0.5) is 5.13 Å². The fraction of sp³-hybridized carbons (Fsp3) is 0.286. The van der Waals surface area contributed by atoms with E-state index in [0.29, 0.717) is 28.1 Å². The molecule has 2 aromatic rings. The van der Waals surface area contributed by atoms with Gasteiger partial charge in [0.2, 0.25) is 5.91 Å². The lowest BCUT2D eigenvalue weighted by atomic mass is 10.1. The first-order valence-corrected chi connectivity index (χ1v) is 7.97. The number of benzene rings is 1. The van der Waals surface area contributed by atoms with Crippen molar-refractivity contribution in [3.05, 3.63) is 44.9 Å². The van der Waals surface area contributed by atoms with E-state index in [9.17, 15) is 4.79 Å². The van der Waals surface area contributed by atoms with Gasteiger partial charge in [-0.2, -0.15) is 0 Å². The first-order chi connectivity index (χ1) is 10.0. The average molecular weight is 344 g/mol. The van der Waals surface area contributed by atoms with Crippen LogP contribution in [-0.4, -0.2) is 17.4 Å². The minimum absolute atomic E-state index is 0.126. The average Bonchev–Trinajstić information content (AvgIpc) is 2.90. The van der Waals surface area contributed by atoms with Gasteiger partial charge in [-0.15, -0.1) is 11.3 Å². The van der Waals surface area contributed by atoms with Crippen LogP contribution < -0.4 is 11.1 Å². The number of nitrogens with two attached hydrogens (primary N) is 1. The van der Waals surface area contributed by atoms with Crippen LogP contribution in [0.25, 0.3) is 0 Å². The quantitative estimate of drug-likeness (QED) is 0.871. The maximum Gasteiger partial charge on any atom is 0.230 e. The highest BCUT2D eigenvalue weighted by molar-refractivity contribution is 7.15. The second-order valence-corrected chi connectivity index (χ2v) is 6.55. The van der Waals surface area contributed by atoms with Gasteiger partial charge >= 0.3 is 0 Å². The molecule has 0 aliphatic heterocycles. The van der Waals surface area contributed by atoms with Gasteiger partial charge < -0.3 is 11.1 Å². The van der Waals surface area contributed by atoms with Gasteiger partial charge in [0.25, 0.3) is 0 Å². The lowest BCUT2D eigenvalue weighted by Crippen LogP contribution is -2.26. The SMILES string of the molecule is CC(CN)C(=O)Nc1ncc(Cc2cccc(Cl)c2Cl)s1. The molecule has 3 N–H and O–H groups in total. The Kier molecular flexibility index (Phi) is 5.58. The number of hydrogen-bond acceptors (Lipinski definition) is 4. The smallest absolute Gasteiger partial charge is 0.230 e.